The minimum Gasteiger partial charge on any atom is -0.371 e. The zero-order valence-electron chi connectivity index (χ0n) is 8.35. The van der Waals surface area contributed by atoms with E-state index < -0.39 is 0 Å². The molecule has 0 bridgehead atoms. The van der Waals surface area contributed by atoms with E-state index in [0.29, 0.717) is 0 Å². The second-order valence-electron chi connectivity index (χ2n) is 3.80. The summed E-state index contributed by atoms with van der Waals surface area (Å²) < 4.78 is 5.72. The lowest BCUT2D eigenvalue weighted by atomic mass is 10.1. The van der Waals surface area contributed by atoms with Gasteiger partial charge >= 0.3 is 0 Å². The van der Waals surface area contributed by atoms with Crippen molar-refractivity contribution in [2.24, 2.45) is 5.73 Å². The average Bonchev–Trinajstić information content (AvgIpc) is 1.87. The highest BCUT2D eigenvalue weighted by Crippen LogP contribution is 2.16. The fourth-order valence-corrected chi connectivity index (χ4v) is 0.694. The lowest BCUT2D eigenvalue weighted by Gasteiger charge is -2.29. The Balaban J connectivity index is 3.83. The van der Waals surface area contributed by atoms with Crippen LogP contribution in [0.3, 0.4) is 0 Å². The van der Waals surface area contributed by atoms with Crippen LogP contribution in [0.5, 0.6) is 0 Å². The molecule has 0 aliphatic rings. The zero-order chi connectivity index (χ0) is 9.07. The Kier molecular flexibility index (Phi) is 4.04. The maximum atomic E-state index is 5.72. The smallest absolute Gasteiger partial charge is 0.0702 e. The Bertz CT molecular complexity index is 110. The minimum absolute atomic E-state index is 0.0347. The van der Waals surface area contributed by atoms with Crippen molar-refractivity contribution in [1.29, 1.82) is 0 Å². The van der Waals surface area contributed by atoms with E-state index in [1.54, 1.807) is 0 Å². The van der Waals surface area contributed by atoms with Crippen molar-refractivity contribution in [1.82, 2.24) is 0 Å². The highest BCUT2D eigenvalue weighted by atomic mass is 16.5. The summed E-state index contributed by atoms with van der Waals surface area (Å²) in [7, 11) is 0. The van der Waals surface area contributed by atoms with E-state index in [4.69, 9.17) is 10.5 Å². The van der Waals surface area contributed by atoms with Gasteiger partial charge in [0, 0.05) is 6.04 Å². The van der Waals surface area contributed by atoms with Crippen molar-refractivity contribution in [3.63, 3.8) is 0 Å². The lowest BCUT2D eigenvalue weighted by molar-refractivity contribution is -0.0725. The molecule has 0 amide bonds. The maximum absolute atomic E-state index is 5.72. The molecule has 0 heterocycles. The van der Waals surface area contributed by atoms with E-state index >= 15 is 0 Å². The molecule has 68 valence electrons. The highest BCUT2D eigenvalue weighted by molar-refractivity contribution is 4.71. The first kappa shape index (κ1) is 10.9. The molecule has 0 aromatic rings. The zero-order valence-corrected chi connectivity index (χ0v) is 8.35. The van der Waals surface area contributed by atoms with Gasteiger partial charge in [-0.15, -0.1) is 0 Å². The first-order valence-electron chi connectivity index (χ1n) is 4.32. The van der Waals surface area contributed by atoms with Gasteiger partial charge in [0.25, 0.3) is 0 Å². The van der Waals surface area contributed by atoms with Gasteiger partial charge in [0.05, 0.1) is 11.7 Å². The third kappa shape index (κ3) is 4.38. The van der Waals surface area contributed by atoms with Gasteiger partial charge in [0.2, 0.25) is 0 Å². The Morgan fingerprint density at radius 2 is 1.82 bits per heavy atom. The van der Waals surface area contributed by atoms with Crippen molar-refractivity contribution in [2.75, 3.05) is 0 Å². The molecule has 0 aliphatic heterocycles. The predicted octanol–water partition coefficient (Wildman–Crippen LogP) is 1.93. The summed E-state index contributed by atoms with van der Waals surface area (Å²) >= 11 is 0. The van der Waals surface area contributed by atoms with E-state index in [1.165, 1.54) is 0 Å². The van der Waals surface area contributed by atoms with Gasteiger partial charge in [0.1, 0.15) is 0 Å². The van der Waals surface area contributed by atoms with Gasteiger partial charge in [-0.05, 0) is 34.1 Å². The number of rotatable bonds is 4. The Morgan fingerprint density at radius 3 is 2.09 bits per heavy atom. The summed E-state index contributed by atoms with van der Waals surface area (Å²) in [4.78, 5) is 0. The van der Waals surface area contributed by atoms with Crippen LogP contribution in [0.25, 0.3) is 0 Å². The molecule has 0 rings (SSSR count). The van der Waals surface area contributed by atoms with Crippen molar-refractivity contribution < 1.29 is 4.74 Å². The molecule has 0 spiro atoms. The van der Waals surface area contributed by atoms with E-state index in [9.17, 15) is 0 Å². The van der Waals surface area contributed by atoms with Gasteiger partial charge in [-0.2, -0.15) is 0 Å². The first-order valence-corrected chi connectivity index (χ1v) is 4.32. The maximum Gasteiger partial charge on any atom is 0.0702 e. The molecular weight excluding hydrogens is 138 g/mol. The molecular formula is C9H21NO. The largest absolute Gasteiger partial charge is 0.371 e. The van der Waals surface area contributed by atoms with Crippen molar-refractivity contribution >= 4 is 0 Å². The summed E-state index contributed by atoms with van der Waals surface area (Å²) in [5.41, 5.74) is 5.64. The van der Waals surface area contributed by atoms with Crippen LogP contribution in [0.1, 0.15) is 41.0 Å². The molecule has 0 aromatic heterocycles. The van der Waals surface area contributed by atoms with E-state index in [-0.39, 0.29) is 17.7 Å². The summed E-state index contributed by atoms with van der Waals surface area (Å²) in [6, 6.07) is 0.112. The van der Waals surface area contributed by atoms with Crippen LogP contribution in [0, 0.1) is 0 Å². The quantitative estimate of drug-likeness (QED) is 0.680. The van der Waals surface area contributed by atoms with E-state index in [2.05, 4.69) is 20.8 Å². The van der Waals surface area contributed by atoms with Crippen LogP contribution in [-0.4, -0.2) is 17.7 Å². The topological polar surface area (TPSA) is 35.2 Å². The molecule has 2 atom stereocenters. The predicted molar refractivity (Wildman–Crippen MR) is 48.6 cm³/mol. The summed E-state index contributed by atoms with van der Waals surface area (Å²) in [5.74, 6) is 0. The van der Waals surface area contributed by atoms with Gasteiger partial charge in [0.15, 0.2) is 0 Å². The van der Waals surface area contributed by atoms with Crippen LogP contribution in [0.4, 0.5) is 0 Å². The molecule has 0 saturated carbocycles. The fourth-order valence-electron chi connectivity index (χ4n) is 0.694. The van der Waals surface area contributed by atoms with Gasteiger partial charge in [-0.1, -0.05) is 6.92 Å². The summed E-state index contributed by atoms with van der Waals surface area (Å²) in [5, 5.41) is 0. The van der Waals surface area contributed by atoms with Gasteiger partial charge < -0.3 is 10.5 Å². The molecule has 0 saturated heterocycles. The average molecular weight is 159 g/mol. The van der Waals surface area contributed by atoms with Crippen LogP contribution in [0.2, 0.25) is 0 Å². The standard InChI is InChI=1S/C9H21NO/c1-6-9(4,5)11-8(3)7(2)10/h7-8H,6,10H2,1-5H3. The molecule has 11 heavy (non-hydrogen) atoms. The summed E-state index contributed by atoms with van der Waals surface area (Å²) in [6.45, 7) is 10.3. The van der Waals surface area contributed by atoms with Gasteiger partial charge in [-0.3, -0.25) is 0 Å². The normalized spacial score (nSPS) is 18.0. The second-order valence-corrected chi connectivity index (χ2v) is 3.80. The van der Waals surface area contributed by atoms with Crippen LogP contribution >= 0.6 is 0 Å². The minimum atomic E-state index is -0.0347. The fraction of sp³-hybridized carbons (Fsp3) is 1.00. The first-order chi connectivity index (χ1) is 4.89. The van der Waals surface area contributed by atoms with Crippen molar-refractivity contribution in [3.05, 3.63) is 0 Å². The molecule has 0 aromatic carbocycles. The molecule has 2 heteroatoms. The monoisotopic (exact) mass is 159 g/mol. The molecule has 0 radical (unpaired) electrons. The number of ether oxygens (including phenoxy) is 1. The van der Waals surface area contributed by atoms with Crippen LogP contribution in [-0.2, 0) is 4.74 Å². The van der Waals surface area contributed by atoms with E-state index in [0.717, 1.165) is 6.42 Å². The molecule has 2 nitrogen and oxygen atoms in total. The molecule has 0 fully saturated rings. The van der Waals surface area contributed by atoms with E-state index in [1.807, 2.05) is 13.8 Å². The molecule has 2 unspecified atom stereocenters. The highest BCUT2D eigenvalue weighted by Gasteiger charge is 2.20. The van der Waals surface area contributed by atoms with Crippen molar-refractivity contribution in [3.8, 4) is 0 Å². The van der Waals surface area contributed by atoms with Crippen LogP contribution in [0.15, 0.2) is 0 Å². The van der Waals surface area contributed by atoms with Crippen molar-refractivity contribution in [2.45, 2.75) is 58.8 Å². The SMILES string of the molecule is CCC(C)(C)OC(C)C(C)N. The lowest BCUT2D eigenvalue weighted by Crippen LogP contribution is -2.38. The number of hydrogen-bond donors (Lipinski definition) is 1. The second kappa shape index (κ2) is 4.07. The molecule has 2 N–H and O–H groups in total. The Labute approximate surface area is 70.1 Å². The third-order valence-corrected chi connectivity index (χ3v) is 2.10. The summed E-state index contributed by atoms with van der Waals surface area (Å²) in [6.07, 6.45) is 1.16. The Morgan fingerprint density at radius 1 is 1.36 bits per heavy atom. The van der Waals surface area contributed by atoms with Crippen LogP contribution < -0.4 is 5.73 Å². The third-order valence-electron chi connectivity index (χ3n) is 2.10. The Hall–Kier alpha value is -0.0800. The number of hydrogen-bond acceptors (Lipinski definition) is 2. The molecule has 0 aliphatic carbocycles. The number of nitrogens with two attached hydrogens (primary N) is 1. The van der Waals surface area contributed by atoms with Gasteiger partial charge in [-0.25, -0.2) is 0 Å².